The average Bonchev–Trinajstić information content (AvgIpc) is 2.92. The maximum atomic E-state index is 13.0. The lowest BCUT2D eigenvalue weighted by Crippen LogP contribution is -2.70. The highest BCUT2D eigenvalue weighted by Crippen LogP contribution is 2.63. The van der Waals surface area contributed by atoms with Crippen molar-refractivity contribution in [2.75, 3.05) is 0 Å². The third kappa shape index (κ3) is 7.97. The molecule has 0 aromatic rings. The Bertz CT molecular complexity index is 1300. The zero-order chi connectivity index (χ0) is 44.3. The van der Waals surface area contributed by atoms with Gasteiger partial charge in [0, 0.05) is 6.42 Å². The quantitative estimate of drug-likeness (QED) is 0.128. The molecule has 0 heterocycles. The summed E-state index contributed by atoms with van der Waals surface area (Å²) in [6.07, 6.45) is -25.5. The highest BCUT2D eigenvalue weighted by Gasteiger charge is 2.92. The molecule has 0 aliphatic rings. The first-order valence-electron chi connectivity index (χ1n) is 11.4. The molecule has 0 aliphatic heterocycles. The summed E-state index contributed by atoms with van der Waals surface area (Å²) in [4.78, 5) is 0. The van der Waals surface area contributed by atoms with Crippen LogP contribution in [0.5, 0.6) is 0 Å². The van der Waals surface area contributed by atoms with E-state index in [0.717, 1.165) is 0 Å². The molecule has 0 fully saturated rings. The van der Waals surface area contributed by atoms with Crippen molar-refractivity contribution in [1.82, 2.24) is 0 Å². The molecule has 0 unspecified atom stereocenters. The number of allylic oxidation sites excluding steroid dienone is 3. The molecule has 0 saturated heterocycles. The third-order valence-corrected chi connectivity index (χ3v) is 5.69. The van der Waals surface area contributed by atoms with Gasteiger partial charge < -0.3 is 0 Å². The van der Waals surface area contributed by atoms with Crippen LogP contribution in [0.3, 0.4) is 0 Å². The van der Waals surface area contributed by atoms with Gasteiger partial charge in [0.2, 0.25) is 11.7 Å². The zero-order valence-electron chi connectivity index (χ0n) is 23.2. The largest absolute Gasteiger partial charge is 0.460 e. The Morgan fingerprint density at radius 2 is 0.566 bits per heavy atom. The van der Waals surface area contributed by atoms with Crippen LogP contribution in [0.25, 0.3) is 0 Å². The SMILES string of the molecule is C=CCCC(F)(F)C(F)(F)C(F)(F)C(F)(F)C(F)(F)C(F)(F)F.FC(=C(F)C(F)(F)C(F)(F)C(F)(F)C(F)(F)C(F)(F)C(F)(F)F)C(F)(F)C(F)(F)F. The Kier molecular flexibility index (Phi) is 13.8. The van der Waals surface area contributed by atoms with Gasteiger partial charge in [0.05, 0.1) is 0 Å². The molecule has 318 valence electrons. The van der Waals surface area contributed by atoms with Gasteiger partial charge in [-0.2, -0.15) is 136 Å². The van der Waals surface area contributed by atoms with Crippen LogP contribution >= 0.6 is 0 Å². The molecule has 0 aromatic carbocycles. The molecule has 0 atom stereocenters. The molecular weight excluding hydrogens is 867 g/mol. The summed E-state index contributed by atoms with van der Waals surface area (Å²) in [5, 5.41) is 0. The molecule has 33 heteroatoms. The van der Waals surface area contributed by atoms with Crippen LogP contribution in [0.1, 0.15) is 12.8 Å². The Morgan fingerprint density at radius 3 is 0.811 bits per heavy atom. The lowest BCUT2D eigenvalue weighted by molar-refractivity contribution is -0.440. The van der Waals surface area contributed by atoms with Gasteiger partial charge in [0.15, 0.2) is 0 Å². The minimum absolute atomic E-state index is 0.491. The van der Waals surface area contributed by atoms with Crippen LogP contribution in [0.2, 0.25) is 0 Å². The van der Waals surface area contributed by atoms with Gasteiger partial charge in [-0.3, -0.25) is 0 Å². The Labute approximate surface area is 267 Å². The van der Waals surface area contributed by atoms with Crippen LogP contribution in [0, 0.1) is 0 Å². The summed E-state index contributed by atoms with van der Waals surface area (Å²) in [5.41, 5.74) is 0. The van der Waals surface area contributed by atoms with E-state index in [0.29, 0.717) is 6.08 Å². The molecule has 53 heavy (non-hydrogen) atoms. The fourth-order valence-electron chi connectivity index (χ4n) is 2.55. The minimum Gasteiger partial charge on any atom is -0.202 e. The zero-order valence-corrected chi connectivity index (χ0v) is 23.2. The van der Waals surface area contributed by atoms with Crippen molar-refractivity contribution in [3.63, 3.8) is 0 Å². The predicted octanol–water partition coefficient (Wildman–Crippen LogP) is 12.8. The molecule has 0 nitrogen and oxygen atoms in total. The number of halogens is 33. The van der Waals surface area contributed by atoms with E-state index in [9.17, 15) is 145 Å². The van der Waals surface area contributed by atoms with Gasteiger partial charge in [-0.05, 0) is 6.42 Å². The lowest BCUT2D eigenvalue weighted by Gasteiger charge is -2.39. The van der Waals surface area contributed by atoms with Gasteiger partial charge in [-0.1, -0.05) is 6.08 Å². The monoisotopic (exact) mass is 874 g/mol. The molecule has 0 aromatic heterocycles. The van der Waals surface area contributed by atoms with E-state index < -0.39 is 108 Å². The summed E-state index contributed by atoms with van der Waals surface area (Å²) in [5.74, 6) is -97.1. The fourth-order valence-corrected chi connectivity index (χ4v) is 2.55. The van der Waals surface area contributed by atoms with E-state index in [-0.39, 0.29) is 0 Å². The number of rotatable bonds is 13. The summed E-state index contributed by atoms with van der Waals surface area (Å²) < 4.78 is 413. The Morgan fingerprint density at radius 1 is 0.321 bits per heavy atom. The summed E-state index contributed by atoms with van der Waals surface area (Å²) in [6.45, 7) is 2.75. The van der Waals surface area contributed by atoms with Crippen molar-refractivity contribution in [2.24, 2.45) is 0 Å². The molecule has 0 aliphatic carbocycles. The maximum absolute atomic E-state index is 13.0. The molecule has 0 bridgehead atoms. The van der Waals surface area contributed by atoms with Crippen molar-refractivity contribution >= 4 is 0 Å². The summed E-state index contributed by atoms with van der Waals surface area (Å²) in [6, 6.07) is 0. The van der Waals surface area contributed by atoms with Crippen molar-refractivity contribution in [3.05, 3.63) is 24.3 Å². The number of hydrogen-bond donors (Lipinski definition) is 0. The van der Waals surface area contributed by atoms with E-state index in [1.807, 2.05) is 0 Å². The van der Waals surface area contributed by atoms with Crippen LogP contribution in [-0.4, -0.2) is 83.7 Å². The highest BCUT2D eigenvalue weighted by molar-refractivity contribution is 5.24. The predicted molar refractivity (Wildman–Crippen MR) is 101 cm³/mol. The summed E-state index contributed by atoms with van der Waals surface area (Å²) in [7, 11) is 0. The normalized spacial score (nSPS) is 16.5. The van der Waals surface area contributed by atoms with E-state index in [2.05, 4.69) is 6.58 Å². The van der Waals surface area contributed by atoms with Gasteiger partial charge in [-0.25, -0.2) is 8.78 Å². The molecule has 0 spiro atoms. The standard InChI is InChI=1S/C10F20.C10H7F13/c11-1(2(12)4(15,16)9(25,26)27)3(13,14)5(17,18)6(19,20)7(21,22)8(23,24)10(28,29)30;1-2-3-4-5(11,12)6(13,14)7(15,16)8(17,18)9(19,20)10(21,22)23/h;2H,1,3-4H2. The van der Waals surface area contributed by atoms with Crippen LogP contribution < -0.4 is 0 Å². The van der Waals surface area contributed by atoms with Crippen LogP contribution in [0.15, 0.2) is 24.3 Å². The second kappa shape index (κ2) is 14.0. The maximum Gasteiger partial charge on any atom is 0.460 e. The van der Waals surface area contributed by atoms with E-state index >= 15 is 0 Å². The fraction of sp³-hybridized carbons (Fsp3) is 0.800. The average molecular weight is 874 g/mol. The van der Waals surface area contributed by atoms with Crippen molar-refractivity contribution in [3.8, 4) is 0 Å². The van der Waals surface area contributed by atoms with Crippen LogP contribution in [0.4, 0.5) is 145 Å². The third-order valence-electron chi connectivity index (χ3n) is 5.69. The van der Waals surface area contributed by atoms with E-state index in [1.54, 1.807) is 0 Å². The Hall–Kier alpha value is -2.83. The van der Waals surface area contributed by atoms with Gasteiger partial charge in [0.1, 0.15) is 0 Å². The molecule has 0 N–H and O–H groups in total. The smallest absolute Gasteiger partial charge is 0.202 e. The molecule has 0 amide bonds. The van der Waals surface area contributed by atoms with Gasteiger partial charge >= 0.3 is 83.7 Å². The first-order valence-corrected chi connectivity index (χ1v) is 11.4. The highest BCUT2D eigenvalue weighted by atomic mass is 19.5. The van der Waals surface area contributed by atoms with E-state index in [1.165, 1.54) is 0 Å². The lowest BCUT2D eigenvalue weighted by atomic mass is 9.92. The van der Waals surface area contributed by atoms with Crippen LogP contribution in [-0.2, 0) is 0 Å². The second-order valence-corrected chi connectivity index (χ2v) is 9.40. The van der Waals surface area contributed by atoms with Crippen molar-refractivity contribution < 1.29 is 145 Å². The number of hydrogen-bond acceptors (Lipinski definition) is 0. The van der Waals surface area contributed by atoms with Gasteiger partial charge in [-0.15, -0.1) is 6.58 Å². The molecule has 0 rings (SSSR count). The first kappa shape index (κ1) is 52.3. The topological polar surface area (TPSA) is 0 Å². The van der Waals surface area contributed by atoms with Crippen molar-refractivity contribution in [2.45, 2.75) is 96.5 Å². The number of alkyl halides is 31. The molecular formula is C20H7F33. The van der Waals surface area contributed by atoms with E-state index in [4.69, 9.17) is 0 Å². The Balaban J connectivity index is 0. The van der Waals surface area contributed by atoms with Gasteiger partial charge in [0.25, 0.3) is 0 Å². The molecule has 0 saturated carbocycles. The minimum atomic E-state index is -8.71. The second-order valence-electron chi connectivity index (χ2n) is 9.40. The summed E-state index contributed by atoms with van der Waals surface area (Å²) >= 11 is 0. The first-order chi connectivity index (χ1) is 22.4. The molecule has 0 radical (unpaired) electrons. The van der Waals surface area contributed by atoms with Crippen molar-refractivity contribution in [1.29, 1.82) is 0 Å².